The van der Waals surface area contributed by atoms with Crippen molar-refractivity contribution >= 4 is 27.5 Å². The van der Waals surface area contributed by atoms with E-state index in [9.17, 15) is 9.18 Å². The SMILES string of the molecule is Cc1cc(Br)c(F)cc1NC(=O)C(C)(N)C1CC1. The Kier molecular flexibility index (Phi) is 3.47. The Balaban J connectivity index is 2.19. The standard InChI is InChI=1S/C13H16BrFN2O/c1-7-5-9(14)10(15)6-11(7)17-12(18)13(2,16)8-3-4-8/h5-6,8H,3-4,16H2,1-2H3,(H,17,18). The van der Waals surface area contributed by atoms with Gasteiger partial charge >= 0.3 is 0 Å². The molecule has 98 valence electrons. The van der Waals surface area contributed by atoms with Crippen molar-refractivity contribution in [3.8, 4) is 0 Å². The highest BCUT2D eigenvalue weighted by atomic mass is 79.9. The highest BCUT2D eigenvalue weighted by Gasteiger charge is 2.44. The van der Waals surface area contributed by atoms with E-state index in [0.717, 1.165) is 18.4 Å². The fourth-order valence-corrected chi connectivity index (χ4v) is 2.36. The average Bonchev–Trinajstić information content (AvgIpc) is 3.09. The second kappa shape index (κ2) is 4.63. The maximum atomic E-state index is 13.4. The summed E-state index contributed by atoms with van der Waals surface area (Å²) in [5, 5.41) is 2.72. The molecule has 1 aromatic rings. The van der Waals surface area contributed by atoms with Gasteiger partial charge in [0.1, 0.15) is 5.82 Å². The van der Waals surface area contributed by atoms with Crippen LogP contribution in [0.25, 0.3) is 0 Å². The van der Waals surface area contributed by atoms with E-state index < -0.39 is 11.4 Å². The number of amides is 1. The predicted octanol–water partition coefficient (Wildman–Crippen LogP) is 2.96. The third-order valence-electron chi connectivity index (χ3n) is 3.43. The van der Waals surface area contributed by atoms with Crippen LogP contribution in [0.5, 0.6) is 0 Å². The molecule has 0 heterocycles. The number of carbonyl (C=O) groups is 1. The van der Waals surface area contributed by atoms with Gasteiger partial charge in [-0.1, -0.05) is 0 Å². The second-order valence-corrected chi connectivity index (χ2v) is 5.95. The highest BCUT2D eigenvalue weighted by Crippen LogP contribution is 2.38. The maximum absolute atomic E-state index is 13.4. The summed E-state index contributed by atoms with van der Waals surface area (Å²) in [4.78, 5) is 12.1. The molecule has 3 nitrogen and oxygen atoms in total. The quantitative estimate of drug-likeness (QED) is 0.901. The lowest BCUT2D eigenvalue weighted by Crippen LogP contribution is -2.50. The lowest BCUT2D eigenvalue weighted by atomic mass is 9.96. The number of carbonyl (C=O) groups excluding carboxylic acids is 1. The fraction of sp³-hybridized carbons (Fsp3) is 0.462. The van der Waals surface area contributed by atoms with Gasteiger partial charge in [-0.3, -0.25) is 4.79 Å². The number of rotatable bonds is 3. The Morgan fingerprint density at radius 3 is 2.72 bits per heavy atom. The van der Waals surface area contributed by atoms with Gasteiger partial charge in [0.15, 0.2) is 0 Å². The van der Waals surface area contributed by atoms with Crippen LogP contribution in [-0.2, 0) is 4.79 Å². The monoisotopic (exact) mass is 314 g/mol. The van der Waals surface area contributed by atoms with Gasteiger partial charge in [-0.05, 0) is 66.2 Å². The van der Waals surface area contributed by atoms with E-state index in [1.54, 1.807) is 13.0 Å². The van der Waals surface area contributed by atoms with E-state index in [4.69, 9.17) is 5.73 Å². The maximum Gasteiger partial charge on any atom is 0.244 e. The summed E-state index contributed by atoms with van der Waals surface area (Å²) in [6.07, 6.45) is 1.96. The number of halogens is 2. The van der Waals surface area contributed by atoms with Crippen LogP contribution in [0.3, 0.4) is 0 Å². The topological polar surface area (TPSA) is 55.1 Å². The van der Waals surface area contributed by atoms with Crippen LogP contribution in [-0.4, -0.2) is 11.4 Å². The first-order valence-corrected chi connectivity index (χ1v) is 6.67. The highest BCUT2D eigenvalue weighted by molar-refractivity contribution is 9.10. The normalized spacial score (nSPS) is 18.3. The third kappa shape index (κ3) is 2.57. The zero-order chi connectivity index (χ0) is 13.5. The Bertz CT molecular complexity index is 498. The zero-order valence-electron chi connectivity index (χ0n) is 10.4. The molecule has 1 aliphatic rings. The molecular formula is C13H16BrFN2O. The van der Waals surface area contributed by atoms with Crippen molar-refractivity contribution in [2.75, 3.05) is 5.32 Å². The van der Waals surface area contributed by atoms with Crippen LogP contribution in [0.15, 0.2) is 16.6 Å². The Labute approximate surface area is 114 Å². The lowest BCUT2D eigenvalue weighted by Gasteiger charge is -2.23. The van der Waals surface area contributed by atoms with E-state index >= 15 is 0 Å². The minimum absolute atomic E-state index is 0.234. The van der Waals surface area contributed by atoms with Crippen molar-refractivity contribution in [2.45, 2.75) is 32.2 Å². The Morgan fingerprint density at radius 1 is 1.56 bits per heavy atom. The van der Waals surface area contributed by atoms with Gasteiger partial charge in [-0.15, -0.1) is 0 Å². The van der Waals surface area contributed by atoms with Crippen molar-refractivity contribution < 1.29 is 9.18 Å². The predicted molar refractivity (Wildman–Crippen MR) is 72.8 cm³/mol. The molecule has 0 aromatic heterocycles. The molecule has 1 aliphatic carbocycles. The van der Waals surface area contributed by atoms with Crippen molar-refractivity contribution in [2.24, 2.45) is 11.7 Å². The van der Waals surface area contributed by atoms with Gasteiger partial charge in [-0.2, -0.15) is 0 Å². The van der Waals surface area contributed by atoms with Gasteiger partial charge in [-0.25, -0.2) is 4.39 Å². The molecule has 1 saturated carbocycles. The third-order valence-corrected chi connectivity index (χ3v) is 4.04. The number of aryl methyl sites for hydroxylation is 1. The summed E-state index contributed by atoms with van der Waals surface area (Å²) in [5.41, 5.74) is 6.40. The first-order chi connectivity index (χ1) is 8.32. The Hall–Kier alpha value is -0.940. The van der Waals surface area contributed by atoms with Crippen molar-refractivity contribution in [3.05, 3.63) is 28.0 Å². The summed E-state index contributed by atoms with van der Waals surface area (Å²) < 4.78 is 13.8. The van der Waals surface area contributed by atoms with Crippen molar-refractivity contribution in [1.29, 1.82) is 0 Å². The van der Waals surface area contributed by atoms with E-state index in [-0.39, 0.29) is 11.8 Å². The molecule has 0 spiro atoms. The van der Waals surface area contributed by atoms with Crippen LogP contribution < -0.4 is 11.1 Å². The second-order valence-electron chi connectivity index (χ2n) is 5.09. The Morgan fingerprint density at radius 2 is 2.17 bits per heavy atom. The molecule has 2 rings (SSSR count). The number of hydrogen-bond donors (Lipinski definition) is 2. The summed E-state index contributed by atoms with van der Waals surface area (Å²) in [6, 6.07) is 2.94. The summed E-state index contributed by atoms with van der Waals surface area (Å²) >= 11 is 3.11. The summed E-state index contributed by atoms with van der Waals surface area (Å²) in [7, 11) is 0. The van der Waals surface area contributed by atoms with E-state index in [1.807, 2.05) is 6.92 Å². The van der Waals surface area contributed by atoms with E-state index in [2.05, 4.69) is 21.2 Å². The molecule has 0 saturated heterocycles. The number of nitrogens with two attached hydrogens (primary N) is 1. The number of nitrogens with one attached hydrogen (secondary N) is 1. The molecule has 18 heavy (non-hydrogen) atoms. The van der Waals surface area contributed by atoms with E-state index in [1.165, 1.54) is 6.07 Å². The number of anilines is 1. The molecule has 3 N–H and O–H groups in total. The average molecular weight is 315 g/mol. The van der Waals surface area contributed by atoms with Crippen LogP contribution in [0.2, 0.25) is 0 Å². The minimum atomic E-state index is -0.879. The molecule has 1 aromatic carbocycles. The molecule has 1 atom stereocenters. The van der Waals surface area contributed by atoms with Gasteiger partial charge in [0.2, 0.25) is 5.91 Å². The van der Waals surface area contributed by atoms with Crippen LogP contribution in [0.1, 0.15) is 25.3 Å². The van der Waals surface area contributed by atoms with Gasteiger partial charge in [0.25, 0.3) is 0 Å². The first-order valence-electron chi connectivity index (χ1n) is 5.88. The molecule has 1 unspecified atom stereocenters. The van der Waals surface area contributed by atoms with Gasteiger partial charge in [0, 0.05) is 5.69 Å². The van der Waals surface area contributed by atoms with Gasteiger partial charge < -0.3 is 11.1 Å². The van der Waals surface area contributed by atoms with E-state index in [0.29, 0.717) is 10.2 Å². The fourth-order valence-electron chi connectivity index (χ4n) is 1.91. The molecular weight excluding hydrogens is 299 g/mol. The minimum Gasteiger partial charge on any atom is -0.324 e. The van der Waals surface area contributed by atoms with Crippen LogP contribution in [0.4, 0.5) is 10.1 Å². The molecule has 1 amide bonds. The molecule has 0 bridgehead atoms. The molecule has 0 radical (unpaired) electrons. The summed E-state index contributed by atoms with van der Waals surface area (Å²) in [5.74, 6) is -0.422. The zero-order valence-corrected chi connectivity index (χ0v) is 12.0. The van der Waals surface area contributed by atoms with Crippen molar-refractivity contribution in [3.63, 3.8) is 0 Å². The molecule has 1 fully saturated rings. The van der Waals surface area contributed by atoms with Crippen LogP contribution in [0, 0.1) is 18.7 Å². The van der Waals surface area contributed by atoms with Gasteiger partial charge in [0.05, 0.1) is 10.0 Å². The summed E-state index contributed by atoms with van der Waals surface area (Å²) in [6.45, 7) is 3.54. The van der Waals surface area contributed by atoms with Crippen LogP contribution >= 0.6 is 15.9 Å². The number of hydrogen-bond acceptors (Lipinski definition) is 2. The molecule has 0 aliphatic heterocycles. The largest absolute Gasteiger partial charge is 0.324 e. The molecule has 5 heteroatoms. The lowest BCUT2D eigenvalue weighted by molar-refractivity contribution is -0.121. The number of benzene rings is 1. The first kappa shape index (κ1) is 13.5. The smallest absolute Gasteiger partial charge is 0.244 e. The van der Waals surface area contributed by atoms with Crippen molar-refractivity contribution in [1.82, 2.24) is 0 Å².